The quantitative estimate of drug-likeness (QED) is 0.718. The molecule has 0 amide bonds. The van der Waals surface area contributed by atoms with E-state index in [1.54, 1.807) is 23.9 Å². The van der Waals surface area contributed by atoms with Crippen molar-refractivity contribution in [2.45, 2.75) is 34.6 Å². The molecule has 22 heavy (non-hydrogen) atoms. The Kier molecular flexibility index (Phi) is 5.53. The first-order valence-electron chi connectivity index (χ1n) is 6.76. The zero-order chi connectivity index (χ0) is 16.2. The first kappa shape index (κ1) is 16.9. The van der Waals surface area contributed by atoms with Gasteiger partial charge in [-0.3, -0.25) is 0 Å². The molecule has 5 heteroatoms. The Hall–Kier alpha value is -1.46. The molecule has 2 rings (SSSR count). The van der Waals surface area contributed by atoms with E-state index in [2.05, 4.69) is 40.2 Å². The van der Waals surface area contributed by atoms with E-state index in [4.69, 9.17) is 9.84 Å². The summed E-state index contributed by atoms with van der Waals surface area (Å²) in [6, 6.07) is 15.8. The van der Waals surface area contributed by atoms with E-state index in [1.807, 2.05) is 12.1 Å². The van der Waals surface area contributed by atoms with Crippen LogP contribution in [0.5, 0.6) is 5.75 Å². The smallest absolute Gasteiger partial charge is 0.347 e. The highest BCUT2D eigenvalue weighted by Gasteiger charge is 2.29. The number of rotatable bonds is 6. The first-order valence-corrected chi connectivity index (χ1v) is 8.70. The summed E-state index contributed by atoms with van der Waals surface area (Å²) in [4.78, 5) is 13.3. The number of hydrogen-bond acceptors (Lipinski definition) is 3. The van der Waals surface area contributed by atoms with Crippen molar-refractivity contribution in [3.63, 3.8) is 0 Å². The van der Waals surface area contributed by atoms with Gasteiger partial charge in [0.15, 0.2) is 5.60 Å². The lowest BCUT2D eigenvalue weighted by molar-refractivity contribution is -0.152. The number of carbonyl (C=O) groups is 1. The Morgan fingerprint density at radius 2 is 1.59 bits per heavy atom. The fraction of sp³-hybridized carbons (Fsp3) is 0.235. The lowest BCUT2D eigenvalue weighted by atomic mass is 10.1. The Morgan fingerprint density at radius 1 is 1.09 bits per heavy atom. The van der Waals surface area contributed by atoms with Gasteiger partial charge in [0.2, 0.25) is 0 Å². The van der Waals surface area contributed by atoms with Gasteiger partial charge >= 0.3 is 5.97 Å². The fourth-order valence-electron chi connectivity index (χ4n) is 1.70. The molecule has 0 aromatic heterocycles. The third-order valence-corrected chi connectivity index (χ3v) is 4.69. The number of halogens is 1. The highest BCUT2D eigenvalue weighted by Crippen LogP contribution is 2.30. The van der Waals surface area contributed by atoms with E-state index in [0.717, 1.165) is 15.1 Å². The SMILES string of the molecule is CC(C)(Oc1ccc(Sc2ccc(CBr)cc2)cc1)C(=O)O. The minimum atomic E-state index is -1.24. The molecule has 2 aromatic carbocycles. The third kappa shape index (κ3) is 4.52. The molecule has 0 aliphatic heterocycles. The first-order chi connectivity index (χ1) is 10.4. The summed E-state index contributed by atoms with van der Waals surface area (Å²) >= 11 is 5.08. The normalized spacial score (nSPS) is 11.2. The highest BCUT2D eigenvalue weighted by molar-refractivity contribution is 9.08. The van der Waals surface area contributed by atoms with Gasteiger partial charge in [0.05, 0.1) is 0 Å². The van der Waals surface area contributed by atoms with Crippen LogP contribution in [0, 0.1) is 0 Å². The Morgan fingerprint density at radius 3 is 2.05 bits per heavy atom. The van der Waals surface area contributed by atoms with E-state index >= 15 is 0 Å². The van der Waals surface area contributed by atoms with Gasteiger partial charge in [-0.2, -0.15) is 0 Å². The van der Waals surface area contributed by atoms with Gasteiger partial charge in [0.1, 0.15) is 5.75 Å². The molecule has 3 nitrogen and oxygen atoms in total. The molecule has 0 saturated carbocycles. The molecule has 0 heterocycles. The molecule has 0 atom stereocenters. The van der Waals surface area contributed by atoms with E-state index in [-0.39, 0.29) is 0 Å². The average Bonchev–Trinajstić information content (AvgIpc) is 2.49. The van der Waals surface area contributed by atoms with Crippen molar-refractivity contribution in [1.29, 1.82) is 0 Å². The maximum absolute atomic E-state index is 11.1. The van der Waals surface area contributed by atoms with E-state index in [0.29, 0.717) is 5.75 Å². The molecule has 0 unspecified atom stereocenters. The summed E-state index contributed by atoms with van der Waals surface area (Å²) in [5.41, 5.74) is 0.00387. The molecule has 0 spiro atoms. The number of hydrogen-bond donors (Lipinski definition) is 1. The number of ether oxygens (including phenoxy) is 1. The third-order valence-electron chi connectivity index (χ3n) is 3.03. The van der Waals surface area contributed by atoms with Gasteiger partial charge in [-0.05, 0) is 55.8 Å². The molecule has 0 saturated heterocycles. The lowest BCUT2D eigenvalue weighted by Gasteiger charge is -2.21. The van der Waals surface area contributed by atoms with Crippen molar-refractivity contribution >= 4 is 33.7 Å². The van der Waals surface area contributed by atoms with Gasteiger partial charge in [0, 0.05) is 15.1 Å². The largest absolute Gasteiger partial charge is 0.478 e. The van der Waals surface area contributed by atoms with Crippen molar-refractivity contribution in [2.75, 3.05) is 0 Å². The second-order valence-electron chi connectivity index (χ2n) is 5.27. The van der Waals surface area contributed by atoms with Gasteiger partial charge in [-0.25, -0.2) is 4.79 Å². The summed E-state index contributed by atoms with van der Waals surface area (Å²) in [5, 5.41) is 9.91. The Labute approximate surface area is 142 Å². The van der Waals surface area contributed by atoms with Crippen molar-refractivity contribution in [3.05, 3.63) is 54.1 Å². The van der Waals surface area contributed by atoms with Gasteiger partial charge in [-0.1, -0.05) is 39.8 Å². The average molecular weight is 381 g/mol. The monoisotopic (exact) mass is 380 g/mol. The predicted molar refractivity (Wildman–Crippen MR) is 92.0 cm³/mol. The molecule has 0 aliphatic carbocycles. The van der Waals surface area contributed by atoms with Crippen molar-refractivity contribution < 1.29 is 14.6 Å². The van der Waals surface area contributed by atoms with Crippen LogP contribution < -0.4 is 4.74 Å². The molecule has 0 bridgehead atoms. The molecule has 2 aromatic rings. The van der Waals surface area contributed by atoms with Gasteiger partial charge in [-0.15, -0.1) is 0 Å². The van der Waals surface area contributed by atoms with Crippen LogP contribution in [0.15, 0.2) is 58.3 Å². The van der Waals surface area contributed by atoms with Crippen LogP contribution in [0.25, 0.3) is 0 Å². The number of alkyl halides is 1. The van der Waals surface area contributed by atoms with Crippen molar-refractivity contribution in [3.8, 4) is 5.75 Å². The topological polar surface area (TPSA) is 46.5 Å². The fourth-order valence-corrected chi connectivity index (χ4v) is 2.89. The Bertz CT molecular complexity index is 636. The summed E-state index contributed by atoms with van der Waals surface area (Å²) in [5.74, 6) is -0.441. The number of carboxylic acid groups (broad SMARTS) is 1. The van der Waals surface area contributed by atoms with Crippen LogP contribution in [0.1, 0.15) is 19.4 Å². The second-order valence-corrected chi connectivity index (χ2v) is 6.98. The van der Waals surface area contributed by atoms with E-state index in [9.17, 15) is 4.79 Å². The van der Waals surface area contributed by atoms with Crippen LogP contribution >= 0.6 is 27.7 Å². The molecular formula is C17H17BrO3S. The second kappa shape index (κ2) is 7.20. The number of carboxylic acids is 1. The molecule has 0 radical (unpaired) electrons. The lowest BCUT2D eigenvalue weighted by Crippen LogP contribution is -2.37. The molecule has 0 aliphatic rings. The molecule has 0 fully saturated rings. The minimum Gasteiger partial charge on any atom is -0.478 e. The Balaban J connectivity index is 2.03. The molecule has 1 N–H and O–H groups in total. The van der Waals surface area contributed by atoms with E-state index in [1.165, 1.54) is 19.4 Å². The summed E-state index contributed by atoms with van der Waals surface area (Å²) in [6.45, 7) is 3.06. The number of benzene rings is 2. The van der Waals surface area contributed by atoms with Crippen molar-refractivity contribution in [1.82, 2.24) is 0 Å². The van der Waals surface area contributed by atoms with Crippen LogP contribution in [0.3, 0.4) is 0 Å². The number of aliphatic carboxylic acids is 1. The predicted octanol–water partition coefficient (Wildman–Crippen LogP) is 4.97. The van der Waals surface area contributed by atoms with Crippen LogP contribution in [-0.4, -0.2) is 16.7 Å². The standard InChI is InChI=1S/C17H17BrO3S/c1-17(2,16(19)20)21-13-5-9-15(10-6-13)22-14-7-3-12(11-18)4-8-14/h3-10H,11H2,1-2H3,(H,19,20). The van der Waals surface area contributed by atoms with Gasteiger partial charge in [0.25, 0.3) is 0 Å². The van der Waals surface area contributed by atoms with Crippen molar-refractivity contribution in [2.24, 2.45) is 0 Å². The van der Waals surface area contributed by atoms with Crippen LogP contribution in [-0.2, 0) is 10.1 Å². The maximum Gasteiger partial charge on any atom is 0.347 e. The summed E-state index contributed by atoms with van der Waals surface area (Å²) < 4.78 is 5.48. The zero-order valence-corrected chi connectivity index (χ0v) is 14.8. The van der Waals surface area contributed by atoms with Crippen LogP contribution in [0.2, 0.25) is 0 Å². The minimum absolute atomic E-state index is 0.548. The highest BCUT2D eigenvalue weighted by atomic mass is 79.9. The summed E-state index contributed by atoms with van der Waals surface area (Å²) in [7, 11) is 0. The van der Waals surface area contributed by atoms with Crippen LogP contribution in [0.4, 0.5) is 0 Å². The molecule has 116 valence electrons. The summed E-state index contributed by atoms with van der Waals surface area (Å²) in [6.07, 6.45) is 0. The van der Waals surface area contributed by atoms with E-state index < -0.39 is 11.6 Å². The zero-order valence-electron chi connectivity index (χ0n) is 12.4. The van der Waals surface area contributed by atoms with Gasteiger partial charge < -0.3 is 9.84 Å². The molecular weight excluding hydrogens is 364 g/mol. The maximum atomic E-state index is 11.1.